The van der Waals surface area contributed by atoms with Crippen molar-refractivity contribution >= 4 is 16.7 Å². The maximum atomic E-state index is 12.8. The van der Waals surface area contributed by atoms with Crippen molar-refractivity contribution in [2.24, 2.45) is 0 Å². The van der Waals surface area contributed by atoms with Crippen molar-refractivity contribution in [3.05, 3.63) is 86.5 Å². The molecule has 3 N–H and O–H groups in total. The average Bonchev–Trinajstić information content (AvgIpc) is 3.14. The molecule has 2 aromatic carbocycles. The molecule has 0 fully saturated rings. The first-order valence-corrected chi connectivity index (χ1v) is 8.54. The van der Waals surface area contributed by atoms with Crippen LogP contribution in [-0.2, 0) is 6.54 Å². The van der Waals surface area contributed by atoms with Gasteiger partial charge in [-0.15, -0.1) is 0 Å². The van der Waals surface area contributed by atoms with Gasteiger partial charge >= 0.3 is 5.69 Å². The minimum Gasteiger partial charge on any atom is -0.345 e. The number of benzene rings is 2. The van der Waals surface area contributed by atoms with Gasteiger partial charge < -0.3 is 5.32 Å². The van der Waals surface area contributed by atoms with Crippen molar-refractivity contribution in [2.75, 3.05) is 0 Å². The Morgan fingerprint density at radius 3 is 2.64 bits per heavy atom. The van der Waals surface area contributed by atoms with E-state index in [4.69, 9.17) is 0 Å². The van der Waals surface area contributed by atoms with Crippen LogP contribution in [0.4, 0.5) is 0 Å². The van der Waals surface area contributed by atoms with Crippen LogP contribution < -0.4 is 16.6 Å². The van der Waals surface area contributed by atoms with Gasteiger partial charge in [0.15, 0.2) is 0 Å². The van der Waals surface area contributed by atoms with Crippen LogP contribution in [-0.4, -0.2) is 30.9 Å². The summed E-state index contributed by atoms with van der Waals surface area (Å²) < 4.78 is 1.29. The zero-order valence-electron chi connectivity index (χ0n) is 14.9. The third-order valence-corrected chi connectivity index (χ3v) is 4.31. The number of H-pyrrole nitrogens is 2. The van der Waals surface area contributed by atoms with Crippen molar-refractivity contribution in [1.29, 1.82) is 0 Å². The predicted octanol–water partition coefficient (Wildman–Crippen LogP) is 1.04. The zero-order chi connectivity index (χ0) is 19.7. The first-order chi connectivity index (χ1) is 13.5. The molecule has 0 aliphatic heterocycles. The summed E-state index contributed by atoms with van der Waals surface area (Å²) in [5.74, 6) is -0.0474. The van der Waals surface area contributed by atoms with E-state index in [0.29, 0.717) is 28.2 Å². The Bertz CT molecular complexity index is 1300. The Morgan fingerprint density at radius 2 is 1.89 bits per heavy atom. The Kier molecular flexibility index (Phi) is 4.32. The lowest BCUT2D eigenvalue weighted by atomic mass is 10.1. The van der Waals surface area contributed by atoms with E-state index in [2.05, 4.69) is 25.6 Å². The van der Waals surface area contributed by atoms with Gasteiger partial charge in [0.05, 0.1) is 23.3 Å². The quantitative estimate of drug-likeness (QED) is 0.491. The molecule has 140 valence electrons. The van der Waals surface area contributed by atoms with E-state index >= 15 is 0 Å². The van der Waals surface area contributed by atoms with Gasteiger partial charge in [-0.1, -0.05) is 24.3 Å². The highest BCUT2D eigenvalue weighted by Crippen LogP contribution is 2.15. The first kappa shape index (κ1) is 17.4. The highest BCUT2D eigenvalue weighted by molar-refractivity contribution is 5.94. The van der Waals surface area contributed by atoms with Crippen molar-refractivity contribution in [3.8, 4) is 5.69 Å². The molecule has 0 atom stereocenters. The number of hydrogen-bond donors (Lipinski definition) is 3. The SMILES string of the molecule is Cc1nn(-c2cccc(C(=O)NCc3n[nH]c(=O)[nH]3)c2)c(=O)c2ccccc12. The Morgan fingerprint density at radius 1 is 1.11 bits per heavy atom. The molecule has 9 nitrogen and oxygen atoms in total. The molecule has 4 rings (SSSR count). The molecule has 0 saturated carbocycles. The van der Waals surface area contributed by atoms with Crippen LogP contribution in [0.25, 0.3) is 16.5 Å². The molecule has 2 heterocycles. The maximum Gasteiger partial charge on any atom is 0.340 e. The Hall–Kier alpha value is -4.01. The van der Waals surface area contributed by atoms with Crippen LogP contribution in [0.15, 0.2) is 58.1 Å². The molecule has 2 aromatic heterocycles. The van der Waals surface area contributed by atoms with Gasteiger partial charge in [0.1, 0.15) is 5.82 Å². The van der Waals surface area contributed by atoms with Gasteiger partial charge in [0.25, 0.3) is 11.5 Å². The van der Waals surface area contributed by atoms with Crippen LogP contribution >= 0.6 is 0 Å². The standard InChI is InChI=1S/C19H16N6O3/c1-11-14-7-2-3-8-15(14)18(27)25(24-11)13-6-4-5-12(9-13)17(26)20-10-16-21-19(28)23-22-16/h2-9H,10H2,1H3,(H,20,26)(H2,21,22,23,28). The van der Waals surface area contributed by atoms with Gasteiger partial charge in [0.2, 0.25) is 0 Å². The summed E-state index contributed by atoms with van der Waals surface area (Å²) >= 11 is 0. The molecular weight excluding hydrogens is 360 g/mol. The van der Waals surface area contributed by atoms with Gasteiger partial charge in [0, 0.05) is 10.9 Å². The minimum absolute atomic E-state index is 0.0646. The first-order valence-electron chi connectivity index (χ1n) is 8.54. The highest BCUT2D eigenvalue weighted by Gasteiger charge is 2.12. The second-order valence-electron chi connectivity index (χ2n) is 6.21. The Labute approximate surface area is 158 Å². The number of aromatic amines is 2. The number of amides is 1. The summed E-state index contributed by atoms with van der Waals surface area (Å²) in [6.07, 6.45) is 0. The molecule has 1 amide bonds. The molecule has 0 unspecified atom stereocenters. The number of fused-ring (bicyclic) bond motifs is 1. The van der Waals surface area contributed by atoms with Gasteiger partial charge in [-0.05, 0) is 31.2 Å². The number of aromatic nitrogens is 5. The van der Waals surface area contributed by atoms with E-state index < -0.39 is 5.69 Å². The molecule has 0 bridgehead atoms. The van der Waals surface area contributed by atoms with E-state index in [9.17, 15) is 14.4 Å². The van der Waals surface area contributed by atoms with Crippen LogP contribution in [0.2, 0.25) is 0 Å². The van der Waals surface area contributed by atoms with E-state index in [1.165, 1.54) is 4.68 Å². The monoisotopic (exact) mass is 376 g/mol. The number of nitrogens with zero attached hydrogens (tertiary/aromatic N) is 3. The molecule has 0 saturated heterocycles. The normalized spacial score (nSPS) is 10.9. The lowest BCUT2D eigenvalue weighted by molar-refractivity contribution is 0.0950. The van der Waals surface area contributed by atoms with Crippen LogP contribution in [0.3, 0.4) is 0 Å². The zero-order valence-corrected chi connectivity index (χ0v) is 14.9. The highest BCUT2D eigenvalue weighted by atomic mass is 16.2. The molecule has 4 aromatic rings. The van der Waals surface area contributed by atoms with E-state index in [1.807, 2.05) is 19.1 Å². The lowest BCUT2D eigenvalue weighted by Crippen LogP contribution is -2.25. The molecule has 0 aliphatic carbocycles. The van der Waals surface area contributed by atoms with Gasteiger partial charge in [-0.25, -0.2) is 9.89 Å². The number of rotatable bonds is 4. The van der Waals surface area contributed by atoms with Crippen LogP contribution in [0, 0.1) is 6.92 Å². The smallest absolute Gasteiger partial charge is 0.340 e. The van der Waals surface area contributed by atoms with E-state index in [0.717, 1.165) is 5.39 Å². The van der Waals surface area contributed by atoms with Crippen molar-refractivity contribution in [2.45, 2.75) is 13.5 Å². The maximum absolute atomic E-state index is 12.8. The van der Waals surface area contributed by atoms with Crippen molar-refractivity contribution < 1.29 is 4.79 Å². The number of nitrogens with one attached hydrogen (secondary N) is 3. The number of hydrogen-bond acceptors (Lipinski definition) is 5. The van der Waals surface area contributed by atoms with E-state index in [1.54, 1.807) is 36.4 Å². The van der Waals surface area contributed by atoms with Gasteiger partial charge in [-0.2, -0.15) is 14.9 Å². The number of carbonyl (C=O) groups excluding carboxylic acids is 1. The summed E-state index contributed by atoms with van der Waals surface area (Å²) in [5, 5.41) is 14.4. The third-order valence-electron chi connectivity index (χ3n) is 4.31. The fourth-order valence-electron chi connectivity index (χ4n) is 2.96. The fourth-order valence-corrected chi connectivity index (χ4v) is 2.96. The van der Waals surface area contributed by atoms with Crippen LogP contribution in [0.5, 0.6) is 0 Å². The van der Waals surface area contributed by atoms with Crippen molar-refractivity contribution in [1.82, 2.24) is 30.3 Å². The summed E-state index contributed by atoms with van der Waals surface area (Å²) in [6, 6.07) is 13.9. The number of aryl methyl sites for hydroxylation is 1. The summed E-state index contributed by atoms with van der Waals surface area (Å²) in [7, 11) is 0. The predicted molar refractivity (Wildman–Crippen MR) is 102 cm³/mol. The molecule has 9 heteroatoms. The summed E-state index contributed by atoms with van der Waals surface area (Å²) in [5.41, 5.74) is 0.860. The van der Waals surface area contributed by atoms with Gasteiger partial charge in [-0.3, -0.25) is 14.6 Å². The van der Waals surface area contributed by atoms with E-state index in [-0.39, 0.29) is 18.0 Å². The van der Waals surface area contributed by atoms with Crippen LogP contribution in [0.1, 0.15) is 21.9 Å². The minimum atomic E-state index is -0.441. The average molecular weight is 376 g/mol. The summed E-state index contributed by atoms with van der Waals surface area (Å²) in [4.78, 5) is 38.7. The van der Waals surface area contributed by atoms with Crippen molar-refractivity contribution in [3.63, 3.8) is 0 Å². The Balaban J connectivity index is 1.66. The summed E-state index contributed by atoms with van der Waals surface area (Å²) in [6.45, 7) is 1.90. The molecule has 0 spiro atoms. The lowest BCUT2D eigenvalue weighted by Gasteiger charge is -2.10. The molecule has 28 heavy (non-hydrogen) atoms. The molecule has 0 aliphatic rings. The molecular formula is C19H16N6O3. The topological polar surface area (TPSA) is 126 Å². The second kappa shape index (κ2) is 6.95. The number of carbonyl (C=O) groups is 1. The fraction of sp³-hybridized carbons (Fsp3) is 0.105. The second-order valence-corrected chi connectivity index (χ2v) is 6.21. The molecule has 0 radical (unpaired) electrons. The third kappa shape index (κ3) is 3.20. The largest absolute Gasteiger partial charge is 0.345 e.